The van der Waals surface area contributed by atoms with E-state index in [9.17, 15) is 0 Å². The first-order chi connectivity index (χ1) is 8.74. The Kier molecular flexibility index (Phi) is 2.71. The molecule has 5 nitrogen and oxygen atoms in total. The fraction of sp³-hybridized carbons (Fsp3) is 0.250. The first-order valence-electron chi connectivity index (χ1n) is 5.61. The van der Waals surface area contributed by atoms with E-state index in [1.807, 2.05) is 42.6 Å². The van der Waals surface area contributed by atoms with Crippen molar-refractivity contribution in [1.82, 2.24) is 19.7 Å². The van der Waals surface area contributed by atoms with E-state index in [2.05, 4.69) is 20.0 Å². The van der Waals surface area contributed by atoms with Crippen LogP contribution in [0.15, 0.2) is 30.2 Å². The van der Waals surface area contributed by atoms with Crippen LogP contribution >= 0.6 is 11.3 Å². The van der Waals surface area contributed by atoms with Gasteiger partial charge in [0.25, 0.3) is 0 Å². The zero-order valence-corrected chi connectivity index (χ0v) is 11.1. The van der Waals surface area contributed by atoms with Crippen LogP contribution < -0.4 is 4.90 Å². The van der Waals surface area contributed by atoms with E-state index in [1.54, 1.807) is 17.7 Å². The second-order valence-corrected chi connectivity index (χ2v) is 5.13. The molecule has 0 aliphatic carbocycles. The van der Waals surface area contributed by atoms with Gasteiger partial charge in [0.2, 0.25) is 0 Å². The highest BCUT2D eigenvalue weighted by molar-refractivity contribution is 7.17. The Morgan fingerprint density at radius 1 is 1.39 bits per heavy atom. The number of hydrogen-bond acceptors (Lipinski definition) is 5. The Balaban J connectivity index is 1.92. The summed E-state index contributed by atoms with van der Waals surface area (Å²) < 4.78 is 2.94. The second kappa shape index (κ2) is 4.38. The molecule has 0 bridgehead atoms. The van der Waals surface area contributed by atoms with Gasteiger partial charge >= 0.3 is 0 Å². The summed E-state index contributed by atoms with van der Waals surface area (Å²) >= 11 is 1.67. The van der Waals surface area contributed by atoms with Crippen molar-refractivity contribution in [2.45, 2.75) is 6.54 Å². The van der Waals surface area contributed by atoms with Crippen molar-refractivity contribution in [3.05, 3.63) is 35.7 Å². The average Bonchev–Trinajstić information content (AvgIpc) is 2.97. The molecule has 3 heterocycles. The third kappa shape index (κ3) is 1.95. The van der Waals surface area contributed by atoms with E-state index in [0.717, 1.165) is 22.6 Å². The van der Waals surface area contributed by atoms with Crippen LogP contribution in [0.4, 0.5) is 5.82 Å². The molecule has 0 aliphatic rings. The minimum absolute atomic E-state index is 0.790. The summed E-state index contributed by atoms with van der Waals surface area (Å²) in [5.41, 5.74) is 2.17. The monoisotopic (exact) mass is 259 g/mol. The molecule has 0 spiro atoms. The van der Waals surface area contributed by atoms with Gasteiger partial charge < -0.3 is 4.90 Å². The average molecular weight is 259 g/mol. The van der Waals surface area contributed by atoms with Crippen molar-refractivity contribution >= 4 is 27.4 Å². The van der Waals surface area contributed by atoms with E-state index < -0.39 is 0 Å². The first kappa shape index (κ1) is 11.2. The quantitative estimate of drug-likeness (QED) is 0.722. The molecule has 0 N–H and O–H groups in total. The molecule has 3 aromatic rings. The fourth-order valence-electron chi connectivity index (χ4n) is 1.95. The van der Waals surface area contributed by atoms with Crippen LogP contribution in [0.5, 0.6) is 0 Å². The number of rotatable bonds is 3. The summed E-state index contributed by atoms with van der Waals surface area (Å²) in [6.45, 7) is 0.790. The molecule has 3 aromatic heterocycles. The van der Waals surface area contributed by atoms with Gasteiger partial charge in [-0.1, -0.05) is 0 Å². The zero-order chi connectivity index (χ0) is 12.5. The molecule has 0 saturated heterocycles. The molecule has 0 aliphatic heterocycles. The van der Waals surface area contributed by atoms with E-state index in [1.165, 1.54) is 5.56 Å². The van der Waals surface area contributed by atoms with Gasteiger partial charge in [0.05, 0.1) is 16.4 Å². The number of aromatic nitrogens is 4. The van der Waals surface area contributed by atoms with Crippen molar-refractivity contribution in [3.8, 4) is 0 Å². The van der Waals surface area contributed by atoms with Gasteiger partial charge in [0.15, 0.2) is 0 Å². The molecular weight excluding hydrogens is 246 g/mol. The first-order valence-corrected chi connectivity index (χ1v) is 6.49. The van der Waals surface area contributed by atoms with Gasteiger partial charge in [-0.3, -0.25) is 4.68 Å². The molecular formula is C12H13N5S. The lowest BCUT2D eigenvalue weighted by molar-refractivity contribution is 0.766. The van der Waals surface area contributed by atoms with Gasteiger partial charge in [-0.25, -0.2) is 9.97 Å². The van der Waals surface area contributed by atoms with Crippen LogP contribution in [0.2, 0.25) is 0 Å². The Morgan fingerprint density at radius 2 is 2.28 bits per heavy atom. The Bertz CT molecular complexity index is 672. The highest BCUT2D eigenvalue weighted by Gasteiger charge is 2.10. The predicted octanol–water partition coefficient (Wildman–Crippen LogP) is 2.06. The minimum Gasteiger partial charge on any atom is -0.354 e. The second-order valence-electron chi connectivity index (χ2n) is 4.21. The lowest BCUT2D eigenvalue weighted by Crippen LogP contribution is -2.17. The number of anilines is 1. The van der Waals surface area contributed by atoms with Crippen LogP contribution in [0.3, 0.4) is 0 Å². The van der Waals surface area contributed by atoms with Crippen LogP contribution in [0.25, 0.3) is 10.2 Å². The molecule has 0 aromatic carbocycles. The van der Waals surface area contributed by atoms with Crippen molar-refractivity contribution < 1.29 is 0 Å². The zero-order valence-electron chi connectivity index (χ0n) is 10.2. The molecule has 0 unspecified atom stereocenters. The van der Waals surface area contributed by atoms with Gasteiger partial charge in [-0.2, -0.15) is 5.10 Å². The van der Waals surface area contributed by atoms with E-state index >= 15 is 0 Å². The SMILES string of the molecule is CN(Cc1cnn(C)c1)c1ncnc2ccsc12. The van der Waals surface area contributed by atoms with Crippen molar-refractivity contribution in [3.63, 3.8) is 0 Å². The summed E-state index contributed by atoms with van der Waals surface area (Å²) in [5, 5.41) is 6.22. The summed E-state index contributed by atoms with van der Waals surface area (Å²) in [6, 6.07) is 2.02. The fourth-order valence-corrected chi connectivity index (χ4v) is 2.84. The molecule has 0 fully saturated rings. The Morgan fingerprint density at radius 3 is 3.06 bits per heavy atom. The lowest BCUT2D eigenvalue weighted by Gasteiger charge is -2.17. The van der Waals surface area contributed by atoms with Crippen molar-refractivity contribution in [2.24, 2.45) is 7.05 Å². The standard InChI is InChI=1S/C12H13N5S/c1-16(6-9-5-15-17(2)7-9)12-11-10(3-4-18-11)13-8-14-12/h3-5,7-8H,6H2,1-2H3. The van der Waals surface area contributed by atoms with Gasteiger partial charge in [-0.05, 0) is 11.4 Å². The Hall–Kier alpha value is -1.95. The van der Waals surface area contributed by atoms with Crippen LogP contribution in [-0.4, -0.2) is 26.8 Å². The maximum absolute atomic E-state index is 4.38. The van der Waals surface area contributed by atoms with Gasteiger partial charge in [0, 0.05) is 32.4 Å². The highest BCUT2D eigenvalue weighted by Crippen LogP contribution is 2.27. The van der Waals surface area contributed by atoms with Gasteiger partial charge in [0.1, 0.15) is 12.1 Å². The summed E-state index contributed by atoms with van der Waals surface area (Å²) in [7, 11) is 3.96. The summed E-state index contributed by atoms with van der Waals surface area (Å²) in [6.07, 6.45) is 5.51. The number of nitrogens with zero attached hydrogens (tertiary/aromatic N) is 5. The third-order valence-corrected chi connectivity index (χ3v) is 3.66. The number of aryl methyl sites for hydroxylation is 1. The molecule has 18 heavy (non-hydrogen) atoms. The van der Waals surface area contributed by atoms with Crippen LogP contribution in [0.1, 0.15) is 5.56 Å². The van der Waals surface area contributed by atoms with Gasteiger partial charge in [-0.15, -0.1) is 11.3 Å². The molecule has 3 rings (SSSR count). The number of fused-ring (bicyclic) bond motifs is 1. The van der Waals surface area contributed by atoms with E-state index in [-0.39, 0.29) is 0 Å². The maximum Gasteiger partial charge on any atom is 0.150 e. The molecule has 0 radical (unpaired) electrons. The van der Waals surface area contributed by atoms with Crippen LogP contribution in [0, 0.1) is 0 Å². The Labute approximate surface area is 109 Å². The van der Waals surface area contributed by atoms with Crippen LogP contribution in [-0.2, 0) is 13.6 Å². The molecule has 6 heteroatoms. The summed E-state index contributed by atoms with van der Waals surface area (Å²) in [5.74, 6) is 0.971. The van der Waals surface area contributed by atoms with E-state index in [0.29, 0.717) is 0 Å². The van der Waals surface area contributed by atoms with Crippen molar-refractivity contribution in [1.29, 1.82) is 0 Å². The molecule has 0 amide bonds. The number of hydrogen-bond donors (Lipinski definition) is 0. The van der Waals surface area contributed by atoms with Crippen molar-refractivity contribution in [2.75, 3.05) is 11.9 Å². The third-order valence-electron chi connectivity index (χ3n) is 2.76. The largest absolute Gasteiger partial charge is 0.354 e. The van der Waals surface area contributed by atoms with E-state index in [4.69, 9.17) is 0 Å². The molecule has 0 saturated carbocycles. The normalized spacial score (nSPS) is 11.0. The lowest BCUT2D eigenvalue weighted by atomic mass is 10.3. The minimum atomic E-state index is 0.790. The maximum atomic E-state index is 4.38. The smallest absolute Gasteiger partial charge is 0.150 e. The molecule has 92 valence electrons. The topological polar surface area (TPSA) is 46.8 Å². The summed E-state index contributed by atoms with van der Waals surface area (Å²) in [4.78, 5) is 10.8. The molecule has 0 atom stereocenters. The highest BCUT2D eigenvalue weighted by atomic mass is 32.1. The predicted molar refractivity (Wildman–Crippen MR) is 72.7 cm³/mol. The number of thiophene rings is 1.